The highest BCUT2D eigenvalue weighted by Crippen LogP contribution is 2.54. The highest BCUT2D eigenvalue weighted by Gasteiger charge is 2.62. The second-order valence-corrected chi connectivity index (χ2v) is 8.75. The Morgan fingerprint density at radius 3 is 2.61 bits per heavy atom. The number of carbonyl (C=O) groups excluding carboxylic acids is 1. The molecular weight excluding hydrogens is 433 g/mol. The molecule has 5 nitrogen and oxygen atoms in total. The lowest BCUT2D eigenvalue weighted by molar-refractivity contribution is -0.272. The Kier molecular flexibility index (Phi) is 5.60. The van der Waals surface area contributed by atoms with Crippen molar-refractivity contribution < 1.29 is 23.1 Å². The molecule has 0 amide bonds. The Labute approximate surface area is 188 Å². The Bertz CT molecular complexity index is 1300. The van der Waals surface area contributed by atoms with Gasteiger partial charge in [-0.3, -0.25) is 9.59 Å². The summed E-state index contributed by atoms with van der Waals surface area (Å²) in [6, 6.07) is 7.78. The summed E-state index contributed by atoms with van der Waals surface area (Å²) < 4.78 is 43.2. The lowest BCUT2D eigenvalue weighted by Gasteiger charge is -2.46. The van der Waals surface area contributed by atoms with Gasteiger partial charge in [0.15, 0.2) is 11.9 Å². The average molecular weight is 458 g/mol. The van der Waals surface area contributed by atoms with Crippen LogP contribution in [-0.4, -0.2) is 28.2 Å². The number of aliphatic hydroxyl groups is 1. The first-order valence-electron chi connectivity index (χ1n) is 10.8. The number of aromatic nitrogens is 1. The summed E-state index contributed by atoms with van der Waals surface area (Å²) in [7, 11) is 0. The number of halogens is 3. The molecule has 0 bridgehead atoms. The second-order valence-electron chi connectivity index (χ2n) is 8.75. The van der Waals surface area contributed by atoms with Crippen LogP contribution in [0.1, 0.15) is 64.3 Å². The Morgan fingerprint density at radius 2 is 1.97 bits per heavy atom. The molecular formula is C25H25F3N2O3. The number of hydrogen-bond donors (Lipinski definition) is 3. The molecule has 0 fully saturated rings. The summed E-state index contributed by atoms with van der Waals surface area (Å²) in [6.07, 6.45) is -4.45. The quantitative estimate of drug-likeness (QED) is 0.464. The number of hydrogen-bond acceptors (Lipinski definition) is 4. The van der Waals surface area contributed by atoms with Crippen molar-refractivity contribution in [1.29, 1.82) is 0 Å². The number of rotatable bonds is 4. The number of aromatic amines is 1. The van der Waals surface area contributed by atoms with Crippen LogP contribution >= 0.6 is 0 Å². The molecule has 4 rings (SSSR count). The maximum atomic E-state index is 14.4. The molecule has 0 saturated heterocycles. The van der Waals surface area contributed by atoms with E-state index < -0.39 is 30.2 Å². The normalized spacial score (nSPS) is 22.8. The first-order chi connectivity index (χ1) is 15.5. The van der Waals surface area contributed by atoms with E-state index in [-0.39, 0.29) is 11.1 Å². The van der Waals surface area contributed by atoms with Crippen molar-refractivity contribution >= 4 is 22.9 Å². The van der Waals surface area contributed by atoms with Crippen molar-refractivity contribution in [2.45, 2.75) is 57.3 Å². The zero-order chi connectivity index (χ0) is 24.1. The van der Waals surface area contributed by atoms with Gasteiger partial charge in [0, 0.05) is 22.7 Å². The van der Waals surface area contributed by atoms with Gasteiger partial charge in [-0.1, -0.05) is 19.1 Å². The van der Waals surface area contributed by atoms with Gasteiger partial charge in [-0.05, 0) is 73.1 Å². The van der Waals surface area contributed by atoms with Crippen LogP contribution in [0.2, 0.25) is 0 Å². The van der Waals surface area contributed by atoms with Crippen molar-refractivity contribution in [3.8, 4) is 0 Å². The van der Waals surface area contributed by atoms with Crippen LogP contribution in [0.5, 0.6) is 0 Å². The fourth-order valence-electron chi connectivity index (χ4n) is 4.98. The van der Waals surface area contributed by atoms with Gasteiger partial charge in [-0.15, -0.1) is 0 Å². The van der Waals surface area contributed by atoms with Crippen LogP contribution in [0.3, 0.4) is 0 Å². The highest BCUT2D eigenvalue weighted by molar-refractivity contribution is 5.91. The molecule has 0 aliphatic heterocycles. The van der Waals surface area contributed by atoms with Crippen molar-refractivity contribution in [3.63, 3.8) is 0 Å². The van der Waals surface area contributed by atoms with Crippen LogP contribution < -0.4 is 10.9 Å². The van der Waals surface area contributed by atoms with E-state index in [0.29, 0.717) is 46.0 Å². The number of nitrogens with one attached hydrogen (secondary N) is 2. The minimum absolute atomic E-state index is 0.263. The molecule has 33 heavy (non-hydrogen) atoms. The van der Waals surface area contributed by atoms with Crippen LogP contribution in [0.4, 0.5) is 18.9 Å². The minimum atomic E-state index is -4.92. The topological polar surface area (TPSA) is 82.2 Å². The van der Waals surface area contributed by atoms with Crippen LogP contribution in [0, 0.1) is 13.8 Å². The summed E-state index contributed by atoms with van der Waals surface area (Å²) >= 11 is 0. The molecule has 1 heterocycles. The second kappa shape index (κ2) is 8.02. The van der Waals surface area contributed by atoms with Gasteiger partial charge in [-0.25, -0.2) is 0 Å². The van der Waals surface area contributed by atoms with E-state index in [2.05, 4.69) is 10.3 Å². The molecule has 174 valence electrons. The van der Waals surface area contributed by atoms with E-state index in [0.717, 1.165) is 5.56 Å². The Balaban J connectivity index is 2.00. The third-order valence-electron chi connectivity index (χ3n) is 6.89. The molecule has 8 heteroatoms. The summed E-state index contributed by atoms with van der Waals surface area (Å²) in [5.74, 6) is -0.631. The predicted octanol–water partition coefficient (Wildman–Crippen LogP) is 5.30. The van der Waals surface area contributed by atoms with Gasteiger partial charge in [0.1, 0.15) is 0 Å². The number of pyridine rings is 1. The van der Waals surface area contributed by atoms with Crippen LogP contribution in [0.25, 0.3) is 10.9 Å². The third-order valence-corrected chi connectivity index (χ3v) is 6.89. The molecule has 0 spiro atoms. The van der Waals surface area contributed by atoms with Gasteiger partial charge in [0.2, 0.25) is 5.56 Å². The van der Waals surface area contributed by atoms with Gasteiger partial charge in [-0.2, -0.15) is 13.2 Å². The highest BCUT2D eigenvalue weighted by atomic mass is 19.4. The first-order valence-corrected chi connectivity index (χ1v) is 10.8. The lowest BCUT2D eigenvalue weighted by Crippen LogP contribution is -2.55. The third kappa shape index (κ3) is 3.62. The maximum Gasteiger partial charge on any atom is 0.419 e. The minimum Gasteiger partial charge on any atom is -0.379 e. The van der Waals surface area contributed by atoms with Gasteiger partial charge in [0.05, 0.1) is 11.6 Å². The number of anilines is 1. The first kappa shape index (κ1) is 23.0. The molecule has 2 aromatic carbocycles. The van der Waals surface area contributed by atoms with Crippen LogP contribution in [0.15, 0.2) is 41.2 Å². The fraction of sp³-hybridized carbons (Fsp3) is 0.360. The average Bonchev–Trinajstić information content (AvgIpc) is 2.75. The number of carbonyl (C=O) groups is 1. The monoisotopic (exact) mass is 458 g/mol. The summed E-state index contributed by atoms with van der Waals surface area (Å²) in [6.45, 7) is 5.27. The number of alkyl halides is 3. The predicted molar refractivity (Wildman–Crippen MR) is 121 cm³/mol. The Morgan fingerprint density at radius 1 is 1.24 bits per heavy atom. The lowest BCUT2D eigenvalue weighted by atomic mass is 9.67. The standard InChI is InChI=1S/C25H25F3N2O3/c1-4-15-11-24(33,25(26,27)28)23(17-10-13(2)14(3)18(12-31)22(15)17)30-20-7-5-6-19-16(20)8-9-21(32)29-19/h5-10,12,15,23,30,33H,4,11H2,1-3H3,(H,29,32)/t15?,23?,24-/m1/s1. The smallest absolute Gasteiger partial charge is 0.379 e. The van der Waals surface area contributed by atoms with Gasteiger partial charge >= 0.3 is 6.18 Å². The molecule has 1 aromatic heterocycles. The molecule has 0 radical (unpaired) electrons. The number of aldehydes is 1. The number of H-pyrrole nitrogens is 1. The maximum absolute atomic E-state index is 14.4. The van der Waals surface area contributed by atoms with Crippen molar-refractivity contribution in [1.82, 2.24) is 4.98 Å². The van der Waals surface area contributed by atoms with E-state index >= 15 is 0 Å². The van der Waals surface area contributed by atoms with E-state index in [1.807, 2.05) is 0 Å². The SMILES string of the molecule is CCC1C[C@](O)(C(F)(F)F)C(Nc2cccc3[nH]c(=O)ccc23)c2cc(C)c(C)c(C=O)c21. The zero-order valence-electron chi connectivity index (χ0n) is 18.5. The summed E-state index contributed by atoms with van der Waals surface area (Å²) in [4.78, 5) is 26.4. The Hall–Kier alpha value is -3.13. The molecule has 0 saturated carbocycles. The molecule has 1 aliphatic carbocycles. The number of fused-ring (bicyclic) bond motifs is 2. The van der Waals surface area contributed by atoms with Crippen molar-refractivity contribution in [3.05, 3.63) is 74.6 Å². The number of benzene rings is 2. The largest absolute Gasteiger partial charge is 0.419 e. The fourth-order valence-corrected chi connectivity index (χ4v) is 4.98. The molecule has 2 unspecified atom stereocenters. The van der Waals surface area contributed by atoms with Gasteiger partial charge in [0.25, 0.3) is 0 Å². The van der Waals surface area contributed by atoms with E-state index in [1.54, 1.807) is 45.0 Å². The van der Waals surface area contributed by atoms with E-state index in [1.165, 1.54) is 12.1 Å². The van der Waals surface area contributed by atoms with Gasteiger partial charge < -0.3 is 15.4 Å². The molecule has 1 aliphatic rings. The summed E-state index contributed by atoms with van der Waals surface area (Å²) in [5.41, 5.74) is -0.00519. The van der Waals surface area contributed by atoms with Crippen molar-refractivity contribution in [2.75, 3.05) is 5.32 Å². The zero-order valence-corrected chi connectivity index (χ0v) is 18.5. The molecule has 3 atom stereocenters. The number of aryl methyl sites for hydroxylation is 1. The van der Waals surface area contributed by atoms with Crippen molar-refractivity contribution in [2.24, 2.45) is 0 Å². The summed E-state index contributed by atoms with van der Waals surface area (Å²) in [5, 5.41) is 14.6. The van der Waals surface area contributed by atoms with E-state index in [9.17, 15) is 27.9 Å². The molecule has 3 aromatic rings. The molecule has 3 N–H and O–H groups in total. The van der Waals surface area contributed by atoms with Crippen LogP contribution in [-0.2, 0) is 0 Å². The van der Waals surface area contributed by atoms with E-state index in [4.69, 9.17) is 0 Å².